The van der Waals surface area contributed by atoms with Crippen molar-refractivity contribution in [1.29, 1.82) is 0 Å². The van der Waals surface area contributed by atoms with Gasteiger partial charge in [0.25, 0.3) is 0 Å². The molecule has 0 spiro atoms. The van der Waals surface area contributed by atoms with E-state index in [0.717, 1.165) is 18.2 Å². The molecule has 2 heterocycles. The minimum absolute atomic E-state index is 0.263. The minimum atomic E-state index is -0.418. The fraction of sp³-hybridized carbons (Fsp3) is 0.429. The molecule has 2 unspecified atom stereocenters. The first kappa shape index (κ1) is 12.6. The second-order valence-corrected chi connectivity index (χ2v) is 5.17. The van der Waals surface area contributed by atoms with Crippen LogP contribution >= 0.6 is 0 Å². The Balaban J connectivity index is 2.04. The third-order valence-corrected chi connectivity index (χ3v) is 3.83. The number of nitrogens with one attached hydrogen (secondary N) is 1. The van der Waals surface area contributed by atoms with Gasteiger partial charge in [-0.25, -0.2) is 9.82 Å². The molecule has 19 heavy (non-hydrogen) atoms. The SMILES string of the molecule is CC1(C(NN)c2cc3cccc(F)c3o2)CCCO1. The van der Waals surface area contributed by atoms with E-state index in [0.29, 0.717) is 12.4 Å². The van der Waals surface area contributed by atoms with E-state index < -0.39 is 5.60 Å². The second kappa shape index (κ2) is 4.59. The van der Waals surface area contributed by atoms with Gasteiger partial charge in [-0.3, -0.25) is 5.84 Å². The van der Waals surface area contributed by atoms with Crippen molar-refractivity contribution >= 4 is 11.0 Å². The Kier molecular flexibility index (Phi) is 3.05. The van der Waals surface area contributed by atoms with Crippen molar-refractivity contribution in [3.05, 3.63) is 35.8 Å². The maximum Gasteiger partial charge on any atom is 0.169 e. The normalized spacial score (nSPS) is 25.0. The fourth-order valence-corrected chi connectivity index (χ4v) is 2.78. The number of ether oxygens (including phenoxy) is 1. The molecular formula is C14H17FN2O2. The third-order valence-electron chi connectivity index (χ3n) is 3.83. The topological polar surface area (TPSA) is 60.4 Å². The fourth-order valence-electron chi connectivity index (χ4n) is 2.78. The molecule has 1 saturated heterocycles. The van der Waals surface area contributed by atoms with Gasteiger partial charge >= 0.3 is 0 Å². The molecule has 0 bridgehead atoms. The van der Waals surface area contributed by atoms with Crippen LogP contribution in [0.3, 0.4) is 0 Å². The molecule has 102 valence electrons. The zero-order valence-electron chi connectivity index (χ0n) is 10.8. The Bertz CT molecular complexity index is 590. The summed E-state index contributed by atoms with van der Waals surface area (Å²) in [6, 6.07) is 6.39. The maximum absolute atomic E-state index is 13.7. The van der Waals surface area contributed by atoms with Gasteiger partial charge in [0.05, 0.1) is 5.60 Å². The number of benzene rings is 1. The first-order chi connectivity index (χ1) is 9.14. The van der Waals surface area contributed by atoms with Crippen molar-refractivity contribution in [2.45, 2.75) is 31.4 Å². The standard InChI is InChI=1S/C14H17FN2O2/c1-14(6-3-7-18-14)13(17-16)11-8-9-4-2-5-10(15)12(9)19-11/h2,4-5,8,13,17H,3,6-7,16H2,1H3. The first-order valence-electron chi connectivity index (χ1n) is 6.42. The number of nitrogens with two attached hydrogens (primary N) is 1. The molecule has 1 aliphatic rings. The van der Waals surface area contributed by atoms with Gasteiger partial charge in [0.1, 0.15) is 11.8 Å². The van der Waals surface area contributed by atoms with Gasteiger partial charge in [0.15, 0.2) is 11.4 Å². The molecule has 4 nitrogen and oxygen atoms in total. The van der Waals surface area contributed by atoms with Crippen LogP contribution < -0.4 is 11.3 Å². The zero-order valence-corrected chi connectivity index (χ0v) is 10.8. The lowest BCUT2D eigenvalue weighted by atomic mass is 9.91. The largest absolute Gasteiger partial charge is 0.456 e. The highest BCUT2D eigenvalue weighted by Gasteiger charge is 2.40. The maximum atomic E-state index is 13.7. The number of rotatable bonds is 3. The molecule has 5 heteroatoms. The lowest BCUT2D eigenvalue weighted by molar-refractivity contribution is -0.0178. The summed E-state index contributed by atoms with van der Waals surface area (Å²) in [5.41, 5.74) is 2.59. The lowest BCUT2D eigenvalue weighted by Gasteiger charge is -2.31. The van der Waals surface area contributed by atoms with Gasteiger partial charge < -0.3 is 9.15 Å². The molecule has 0 radical (unpaired) electrons. The van der Waals surface area contributed by atoms with Gasteiger partial charge in [-0.2, -0.15) is 0 Å². The summed E-state index contributed by atoms with van der Waals surface area (Å²) in [6.45, 7) is 2.71. The predicted octanol–water partition coefficient (Wildman–Crippen LogP) is 2.65. The average Bonchev–Trinajstić information content (AvgIpc) is 2.98. The molecule has 1 aliphatic heterocycles. The Morgan fingerprint density at radius 3 is 2.95 bits per heavy atom. The van der Waals surface area contributed by atoms with Gasteiger partial charge in [0, 0.05) is 12.0 Å². The highest BCUT2D eigenvalue weighted by atomic mass is 19.1. The van der Waals surface area contributed by atoms with Crippen molar-refractivity contribution in [1.82, 2.24) is 5.43 Å². The highest BCUT2D eigenvalue weighted by Crippen LogP contribution is 2.39. The molecule has 0 aliphatic carbocycles. The van der Waals surface area contributed by atoms with Crippen LogP contribution in [0.5, 0.6) is 0 Å². The van der Waals surface area contributed by atoms with Gasteiger partial charge in [-0.15, -0.1) is 0 Å². The van der Waals surface area contributed by atoms with E-state index in [2.05, 4.69) is 5.43 Å². The van der Waals surface area contributed by atoms with Crippen molar-refractivity contribution in [3.8, 4) is 0 Å². The molecule has 2 aromatic rings. The van der Waals surface area contributed by atoms with Crippen LogP contribution in [0.1, 0.15) is 31.6 Å². The molecule has 3 N–H and O–H groups in total. The second-order valence-electron chi connectivity index (χ2n) is 5.17. The van der Waals surface area contributed by atoms with Crippen molar-refractivity contribution in [2.75, 3.05) is 6.61 Å². The number of furan rings is 1. The monoisotopic (exact) mass is 264 g/mol. The molecular weight excluding hydrogens is 247 g/mol. The van der Waals surface area contributed by atoms with E-state index >= 15 is 0 Å². The summed E-state index contributed by atoms with van der Waals surface area (Å²) >= 11 is 0. The molecule has 0 amide bonds. The quantitative estimate of drug-likeness (QED) is 0.661. The lowest BCUT2D eigenvalue weighted by Crippen LogP contribution is -2.44. The molecule has 1 aromatic heterocycles. The van der Waals surface area contributed by atoms with Gasteiger partial charge in [-0.1, -0.05) is 12.1 Å². The van der Waals surface area contributed by atoms with E-state index in [1.807, 2.05) is 19.1 Å². The highest BCUT2D eigenvalue weighted by molar-refractivity contribution is 5.78. The summed E-state index contributed by atoms with van der Waals surface area (Å²) < 4.78 is 25.1. The predicted molar refractivity (Wildman–Crippen MR) is 69.8 cm³/mol. The Hall–Kier alpha value is -1.43. The van der Waals surface area contributed by atoms with Gasteiger partial charge in [-0.05, 0) is 31.9 Å². The smallest absolute Gasteiger partial charge is 0.169 e. The number of hydrogen-bond donors (Lipinski definition) is 2. The molecule has 3 rings (SSSR count). The zero-order chi connectivity index (χ0) is 13.5. The van der Waals surface area contributed by atoms with Crippen LogP contribution in [0.25, 0.3) is 11.0 Å². The van der Waals surface area contributed by atoms with E-state index in [1.165, 1.54) is 6.07 Å². The summed E-state index contributed by atoms with van der Waals surface area (Å²) in [5, 5.41) is 0.733. The Morgan fingerprint density at radius 2 is 2.32 bits per heavy atom. The molecule has 1 fully saturated rings. The number of hydrazine groups is 1. The number of halogens is 1. The first-order valence-corrected chi connectivity index (χ1v) is 6.42. The number of hydrogen-bond acceptors (Lipinski definition) is 4. The molecule has 2 atom stereocenters. The van der Waals surface area contributed by atoms with E-state index in [4.69, 9.17) is 15.0 Å². The Morgan fingerprint density at radius 1 is 1.47 bits per heavy atom. The van der Waals surface area contributed by atoms with Crippen LogP contribution in [0, 0.1) is 5.82 Å². The van der Waals surface area contributed by atoms with Crippen LogP contribution in [0.4, 0.5) is 4.39 Å². The Labute approximate surface area is 110 Å². The molecule has 0 saturated carbocycles. The minimum Gasteiger partial charge on any atom is -0.456 e. The number of fused-ring (bicyclic) bond motifs is 1. The summed E-state index contributed by atoms with van der Waals surface area (Å²) in [6.07, 6.45) is 1.88. The van der Waals surface area contributed by atoms with E-state index in [1.54, 1.807) is 6.07 Å². The van der Waals surface area contributed by atoms with Crippen molar-refractivity contribution < 1.29 is 13.5 Å². The number of para-hydroxylation sites is 1. The van der Waals surface area contributed by atoms with Gasteiger partial charge in [0.2, 0.25) is 0 Å². The third kappa shape index (κ3) is 2.04. The van der Waals surface area contributed by atoms with Crippen LogP contribution in [0.2, 0.25) is 0 Å². The van der Waals surface area contributed by atoms with E-state index in [9.17, 15) is 4.39 Å². The molecule has 1 aromatic carbocycles. The van der Waals surface area contributed by atoms with Crippen molar-refractivity contribution in [3.63, 3.8) is 0 Å². The summed E-state index contributed by atoms with van der Waals surface area (Å²) in [4.78, 5) is 0. The van der Waals surface area contributed by atoms with Crippen molar-refractivity contribution in [2.24, 2.45) is 5.84 Å². The summed E-state index contributed by atoms with van der Waals surface area (Å²) in [7, 11) is 0. The van der Waals surface area contributed by atoms with Crippen LogP contribution in [0.15, 0.2) is 28.7 Å². The van der Waals surface area contributed by atoms with Crippen LogP contribution in [-0.2, 0) is 4.74 Å². The van der Waals surface area contributed by atoms with Crippen LogP contribution in [-0.4, -0.2) is 12.2 Å². The summed E-state index contributed by atoms with van der Waals surface area (Å²) in [5.74, 6) is 5.89. The van der Waals surface area contributed by atoms with E-state index in [-0.39, 0.29) is 17.4 Å². The average molecular weight is 264 g/mol.